The standard InChI is InChI=1S/C15H19N3O3/c1-10(15-17-16-11(2)21-15)18-6-7-20-14-8-13(19-3)5-4-12(14)9-18/h4-5,8,10H,6-7,9H2,1-3H3. The van der Waals surface area contributed by atoms with Crippen LogP contribution in [0.1, 0.15) is 30.3 Å². The number of benzene rings is 1. The zero-order valence-corrected chi connectivity index (χ0v) is 12.5. The highest BCUT2D eigenvalue weighted by atomic mass is 16.5. The summed E-state index contributed by atoms with van der Waals surface area (Å²) in [4.78, 5) is 2.27. The van der Waals surface area contributed by atoms with Crippen molar-refractivity contribution in [2.24, 2.45) is 0 Å². The Balaban J connectivity index is 1.82. The Morgan fingerprint density at radius 3 is 2.90 bits per heavy atom. The van der Waals surface area contributed by atoms with Gasteiger partial charge in [-0.3, -0.25) is 4.90 Å². The van der Waals surface area contributed by atoms with Gasteiger partial charge in [-0.1, -0.05) is 6.07 Å². The molecule has 0 aliphatic carbocycles. The van der Waals surface area contributed by atoms with E-state index in [4.69, 9.17) is 13.9 Å². The largest absolute Gasteiger partial charge is 0.497 e. The minimum absolute atomic E-state index is 0.0582. The third-order valence-corrected chi connectivity index (χ3v) is 3.73. The quantitative estimate of drug-likeness (QED) is 0.864. The maximum absolute atomic E-state index is 5.82. The number of rotatable bonds is 3. The molecule has 0 bridgehead atoms. The molecule has 2 heterocycles. The molecule has 2 aromatic rings. The monoisotopic (exact) mass is 289 g/mol. The number of aromatic nitrogens is 2. The molecular weight excluding hydrogens is 270 g/mol. The van der Waals surface area contributed by atoms with Gasteiger partial charge in [0.05, 0.1) is 13.2 Å². The summed E-state index contributed by atoms with van der Waals surface area (Å²) in [6, 6.07) is 5.98. The van der Waals surface area contributed by atoms with Gasteiger partial charge in [0, 0.05) is 31.6 Å². The lowest BCUT2D eigenvalue weighted by Gasteiger charge is -2.24. The number of aryl methyl sites for hydroxylation is 1. The van der Waals surface area contributed by atoms with E-state index in [1.54, 1.807) is 14.0 Å². The molecule has 1 atom stereocenters. The molecule has 3 rings (SSSR count). The summed E-state index contributed by atoms with van der Waals surface area (Å²) in [5.41, 5.74) is 1.14. The van der Waals surface area contributed by atoms with Gasteiger partial charge in [0.15, 0.2) is 0 Å². The van der Waals surface area contributed by atoms with Crippen molar-refractivity contribution in [3.05, 3.63) is 35.5 Å². The predicted molar refractivity (Wildman–Crippen MR) is 76.3 cm³/mol. The van der Waals surface area contributed by atoms with Crippen molar-refractivity contribution in [1.82, 2.24) is 15.1 Å². The van der Waals surface area contributed by atoms with Gasteiger partial charge in [-0.2, -0.15) is 0 Å². The van der Waals surface area contributed by atoms with E-state index in [0.717, 1.165) is 30.2 Å². The number of fused-ring (bicyclic) bond motifs is 1. The van der Waals surface area contributed by atoms with Gasteiger partial charge < -0.3 is 13.9 Å². The molecule has 0 amide bonds. The lowest BCUT2D eigenvalue weighted by molar-refractivity contribution is 0.158. The second-order valence-electron chi connectivity index (χ2n) is 5.13. The van der Waals surface area contributed by atoms with Gasteiger partial charge in [0.1, 0.15) is 18.1 Å². The van der Waals surface area contributed by atoms with Gasteiger partial charge in [-0.15, -0.1) is 10.2 Å². The Bertz CT molecular complexity index is 626. The molecule has 0 N–H and O–H groups in total. The van der Waals surface area contributed by atoms with E-state index in [-0.39, 0.29) is 6.04 Å². The van der Waals surface area contributed by atoms with Crippen LogP contribution in [-0.4, -0.2) is 35.4 Å². The molecule has 112 valence electrons. The first kappa shape index (κ1) is 13.9. The molecule has 1 aromatic heterocycles. The van der Waals surface area contributed by atoms with Crippen molar-refractivity contribution in [1.29, 1.82) is 0 Å². The Kier molecular flexibility index (Phi) is 3.79. The molecule has 1 aliphatic rings. The fraction of sp³-hybridized carbons (Fsp3) is 0.467. The van der Waals surface area contributed by atoms with Crippen LogP contribution in [0, 0.1) is 6.92 Å². The van der Waals surface area contributed by atoms with E-state index in [2.05, 4.69) is 22.0 Å². The Morgan fingerprint density at radius 2 is 2.19 bits per heavy atom. The molecule has 6 nitrogen and oxygen atoms in total. The van der Waals surface area contributed by atoms with Crippen LogP contribution in [0.15, 0.2) is 22.6 Å². The van der Waals surface area contributed by atoms with Crippen LogP contribution in [0.25, 0.3) is 0 Å². The first-order chi connectivity index (χ1) is 10.2. The molecule has 1 unspecified atom stereocenters. The summed E-state index contributed by atoms with van der Waals surface area (Å²) < 4.78 is 16.6. The summed E-state index contributed by atoms with van der Waals surface area (Å²) in [7, 11) is 1.66. The van der Waals surface area contributed by atoms with Crippen molar-refractivity contribution in [2.75, 3.05) is 20.3 Å². The van der Waals surface area contributed by atoms with Crippen LogP contribution < -0.4 is 9.47 Å². The zero-order valence-electron chi connectivity index (χ0n) is 12.5. The zero-order chi connectivity index (χ0) is 14.8. The molecule has 1 aromatic carbocycles. The predicted octanol–water partition coefficient (Wildman–Crippen LogP) is 2.34. The van der Waals surface area contributed by atoms with Crippen molar-refractivity contribution in [3.63, 3.8) is 0 Å². The molecule has 1 aliphatic heterocycles. The summed E-state index contributed by atoms with van der Waals surface area (Å²) in [6.45, 7) is 6.08. The molecule has 21 heavy (non-hydrogen) atoms. The fourth-order valence-electron chi connectivity index (χ4n) is 2.46. The second-order valence-corrected chi connectivity index (χ2v) is 5.13. The molecule has 6 heteroatoms. The number of ether oxygens (including phenoxy) is 2. The van der Waals surface area contributed by atoms with E-state index in [1.807, 2.05) is 18.2 Å². The third-order valence-electron chi connectivity index (χ3n) is 3.73. The molecule has 0 saturated heterocycles. The van der Waals surface area contributed by atoms with Gasteiger partial charge >= 0.3 is 0 Å². The average Bonchev–Trinajstić information content (AvgIpc) is 2.82. The van der Waals surface area contributed by atoms with Crippen LogP contribution in [0.5, 0.6) is 11.5 Å². The summed E-state index contributed by atoms with van der Waals surface area (Å²) in [5.74, 6) is 2.92. The summed E-state index contributed by atoms with van der Waals surface area (Å²) >= 11 is 0. The molecular formula is C15H19N3O3. The number of nitrogens with zero attached hydrogens (tertiary/aromatic N) is 3. The summed E-state index contributed by atoms with van der Waals surface area (Å²) in [5, 5.41) is 8.02. The van der Waals surface area contributed by atoms with E-state index in [0.29, 0.717) is 18.4 Å². The highest BCUT2D eigenvalue weighted by Crippen LogP contribution is 2.30. The van der Waals surface area contributed by atoms with E-state index >= 15 is 0 Å². The molecule has 0 radical (unpaired) electrons. The number of methoxy groups -OCH3 is 1. The van der Waals surface area contributed by atoms with Crippen molar-refractivity contribution >= 4 is 0 Å². The highest BCUT2D eigenvalue weighted by molar-refractivity contribution is 5.41. The fourth-order valence-corrected chi connectivity index (χ4v) is 2.46. The minimum atomic E-state index is 0.0582. The van der Waals surface area contributed by atoms with Gasteiger partial charge in [-0.25, -0.2) is 0 Å². The van der Waals surface area contributed by atoms with E-state index in [9.17, 15) is 0 Å². The second kappa shape index (κ2) is 5.73. The highest BCUT2D eigenvalue weighted by Gasteiger charge is 2.24. The Labute approximate surface area is 123 Å². The van der Waals surface area contributed by atoms with Crippen LogP contribution >= 0.6 is 0 Å². The Hall–Kier alpha value is -2.08. The van der Waals surface area contributed by atoms with Gasteiger partial charge in [-0.05, 0) is 13.0 Å². The summed E-state index contributed by atoms with van der Waals surface area (Å²) in [6.07, 6.45) is 0. The number of hydrogen-bond acceptors (Lipinski definition) is 6. The van der Waals surface area contributed by atoms with Crippen molar-refractivity contribution in [2.45, 2.75) is 26.4 Å². The lowest BCUT2D eigenvalue weighted by Crippen LogP contribution is -2.29. The van der Waals surface area contributed by atoms with Crippen LogP contribution in [0.3, 0.4) is 0 Å². The number of hydrogen-bond donors (Lipinski definition) is 0. The smallest absolute Gasteiger partial charge is 0.233 e. The van der Waals surface area contributed by atoms with Crippen LogP contribution in [-0.2, 0) is 6.54 Å². The molecule has 0 spiro atoms. The topological polar surface area (TPSA) is 60.6 Å². The first-order valence-electron chi connectivity index (χ1n) is 7.01. The maximum Gasteiger partial charge on any atom is 0.233 e. The maximum atomic E-state index is 5.82. The van der Waals surface area contributed by atoms with Crippen LogP contribution in [0.4, 0.5) is 0 Å². The Morgan fingerprint density at radius 1 is 1.33 bits per heavy atom. The minimum Gasteiger partial charge on any atom is -0.497 e. The SMILES string of the molecule is COc1ccc2c(c1)OCCN(C(C)c1nnc(C)o1)C2. The van der Waals surface area contributed by atoms with E-state index in [1.165, 1.54) is 0 Å². The van der Waals surface area contributed by atoms with Gasteiger partial charge in [0.2, 0.25) is 11.8 Å². The van der Waals surface area contributed by atoms with Gasteiger partial charge in [0.25, 0.3) is 0 Å². The first-order valence-corrected chi connectivity index (χ1v) is 7.01. The normalized spacial score (nSPS) is 16.7. The molecule has 0 fully saturated rings. The van der Waals surface area contributed by atoms with E-state index < -0.39 is 0 Å². The van der Waals surface area contributed by atoms with Crippen LogP contribution in [0.2, 0.25) is 0 Å². The van der Waals surface area contributed by atoms with Crippen molar-refractivity contribution < 1.29 is 13.9 Å². The third kappa shape index (κ3) is 2.85. The van der Waals surface area contributed by atoms with Crippen molar-refractivity contribution in [3.8, 4) is 11.5 Å². The molecule has 0 saturated carbocycles. The lowest BCUT2D eigenvalue weighted by atomic mass is 10.1. The average molecular weight is 289 g/mol.